The predicted octanol–water partition coefficient (Wildman–Crippen LogP) is 2.47. The van der Waals surface area contributed by atoms with E-state index in [4.69, 9.17) is 14.2 Å². The second-order valence-corrected chi connectivity index (χ2v) is 7.30. The summed E-state index contributed by atoms with van der Waals surface area (Å²) in [4.78, 5) is 30.2. The van der Waals surface area contributed by atoms with Gasteiger partial charge in [0.1, 0.15) is 23.8 Å². The van der Waals surface area contributed by atoms with Gasteiger partial charge in [0.05, 0.1) is 25.9 Å². The van der Waals surface area contributed by atoms with Gasteiger partial charge in [0, 0.05) is 13.7 Å². The van der Waals surface area contributed by atoms with Crippen LogP contribution < -0.4 is 15.0 Å². The minimum atomic E-state index is -1.14. The summed E-state index contributed by atoms with van der Waals surface area (Å²) in [6.45, 7) is 3.28. The van der Waals surface area contributed by atoms with Gasteiger partial charge in [-0.3, -0.25) is 9.69 Å². The van der Waals surface area contributed by atoms with E-state index in [2.05, 4.69) is 10.3 Å². The summed E-state index contributed by atoms with van der Waals surface area (Å²) in [6, 6.07) is 7.05. The SMILES string of the molecule is COCCOCCNC(=O)c1nc2c(cc1Cc1ccc(F)cc1)N(C(=O)O)[C@@H](C)CO2. The molecule has 2 heterocycles. The molecule has 32 heavy (non-hydrogen) atoms. The van der Waals surface area contributed by atoms with Crippen molar-refractivity contribution in [3.05, 3.63) is 53.0 Å². The Morgan fingerprint density at radius 3 is 2.72 bits per heavy atom. The maximum Gasteiger partial charge on any atom is 0.412 e. The van der Waals surface area contributed by atoms with Crippen LogP contribution in [0.15, 0.2) is 30.3 Å². The Kier molecular flexibility index (Phi) is 7.96. The zero-order chi connectivity index (χ0) is 23.1. The number of aromatic nitrogens is 1. The number of carbonyl (C=O) groups is 2. The zero-order valence-electron chi connectivity index (χ0n) is 18.0. The van der Waals surface area contributed by atoms with E-state index in [-0.39, 0.29) is 42.7 Å². The van der Waals surface area contributed by atoms with Crippen molar-refractivity contribution in [3.63, 3.8) is 0 Å². The van der Waals surface area contributed by atoms with Gasteiger partial charge in [-0.05, 0) is 42.7 Å². The van der Waals surface area contributed by atoms with Crippen molar-refractivity contribution < 1.29 is 33.3 Å². The fourth-order valence-corrected chi connectivity index (χ4v) is 3.33. The van der Waals surface area contributed by atoms with E-state index in [9.17, 15) is 19.1 Å². The number of amides is 2. The molecule has 1 aliphatic heterocycles. The van der Waals surface area contributed by atoms with Crippen LogP contribution in [-0.2, 0) is 15.9 Å². The van der Waals surface area contributed by atoms with Crippen LogP contribution in [0.2, 0.25) is 0 Å². The summed E-state index contributed by atoms with van der Waals surface area (Å²) in [5, 5.41) is 12.4. The number of ether oxygens (including phenoxy) is 3. The van der Waals surface area contributed by atoms with Gasteiger partial charge in [-0.25, -0.2) is 14.2 Å². The fraction of sp³-hybridized carbons (Fsp3) is 0.409. The Hall–Kier alpha value is -3.24. The first-order valence-corrected chi connectivity index (χ1v) is 10.2. The van der Waals surface area contributed by atoms with Crippen molar-refractivity contribution in [3.8, 4) is 5.88 Å². The summed E-state index contributed by atoms with van der Waals surface area (Å²) in [7, 11) is 1.57. The van der Waals surface area contributed by atoms with Gasteiger partial charge < -0.3 is 24.6 Å². The average molecular weight is 447 g/mol. The van der Waals surface area contributed by atoms with E-state index >= 15 is 0 Å². The Labute approximate surface area is 185 Å². The van der Waals surface area contributed by atoms with Crippen LogP contribution in [0.5, 0.6) is 5.88 Å². The quantitative estimate of drug-likeness (QED) is 0.568. The molecule has 2 amide bonds. The van der Waals surface area contributed by atoms with Crippen LogP contribution in [-0.4, -0.2) is 68.2 Å². The maximum absolute atomic E-state index is 13.3. The molecule has 0 radical (unpaired) electrons. The highest BCUT2D eigenvalue weighted by molar-refractivity contribution is 5.96. The van der Waals surface area contributed by atoms with Gasteiger partial charge in [-0.15, -0.1) is 0 Å². The summed E-state index contributed by atoms with van der Waals surface area (Å²) >= 11 is 0. The van der Waals surface area contributed by atoms with E-state index in [1.807, 2.05) is 0 Å². The van der Waals surface area contributed by atoms with Crippen molar-refractivity contribution in [1.29, 1.82) is 0 Å². The van der Waals surface area contributed by atoms with E-state index < -0.39 is 18.0 Å². The number of hydrogen-bond acceptors (Lipinski definition) is 6. The third-order valence-electron chi connectivity index (χ3n) is 4.90. The molecule has 2 aromatic rings. The van der Waals surface area contributed by atoms with Crippen LogP contribution in [0.25, 0.3) is 0 Å². The van der Waals surface area contributed by atoms with Crippen LogP contribution in [0.3, 0.4) is 0 Å². The third kappa shape index (κ3) is 5.71. The first kappa shape index (κ1) is 23.4. The standard InChI is InChI=1S/C22H26FN3O6/c1-14-13-32-21-18(26(14)22(28)29)12-16(11-15-3-5-17(23)6-4-15)19(25-21)20(27)24-7-8-31-10-9-30-2/h3-6,12,14H,7-11,13H2,1-2H3,(H,24,27)(H,28,29)/t14-/m0/s1. The van der Waals surface area contributed by atoms with Crippen LogP contribution in [0, 0.1) is 5.82 Å². The van der Waals surface area contributed by atoms with Gasteiger partial charge in [0.2, 0.25) is 5.88 Å². The molecule has 0 saturated heterocycles. The molecule has 0 unspecified atom stereocenters. The van der Waals surface area contributed by atoms with Gasteiger partial charge >= 0.3 is 6.09 Å². The molecule has 0 saturated carbocycles. The zero-order valence-corrected chi connectivity index (χ0v) is 18.0. The number of carbonyl (C=O) groups excluding carboxylic acids is 1. The normalized spacial score (nSPS) is 15.1. The molecule has 9 nitrogen and oxygen atoms in total. The van der Waals surface area contributed by atoms with Gasteiger partial charge in [0.15, 0.2) is 0 Å². The second-order valence-electron chi connectivity index (χ2n) is 7.30. The van der Waals surface area contributed by atoms with Crippen LogP contribution in [0.1, 0.15) is 28.5 Å². The van der Waals surface area contributed by atoms with Crippen molar-refractivity contribution in [1.82, 2.24) is 10.3 Å². The van der Waals surface area contributed by atoms with Gasteiger partial charge in [0.25, 0.3) is 5.91 Å². The second kappa shape index (κ2) is 10.9. The Morgan fingerprint density at radius 1 is 1.28 bits per heavy atom. The summed E-state index contributed by atoms with van der Waals surface area (Å²) in [5.41, 5.74) is 1.63. The number of pyridine rings is 1. The lowest BCUT2D eigenvalue weighted by Crippen LogP contribution is -2.45. The number of anilines is 1. The highest BCUT2D eigenvalue weighted by Crippen LogP contribution is 2.35. The highest BCUT2D eigenvalue weighted by atomic mass is 19.1. The number of carboxylic acid groups (broad SMARTS) is 1. The van der Waals surface area contributed by atoms with E-state index in [1.54, 1.807) is 32.2 Å². The van der Waals surface area contributed by atoms with Crippen molar-refractivity contribution in [2.24, 2.45) is 0 Å². The fourth-order valence-electron chi connectivity index (χ4n) is 3.33. The Morgan fingerprint density at radius 2 is 2.03 bits per heavy atom. The smallest absolute Gasteiger partial charge is 0.412 e. The maximum atomic E-state index is 13.3. The molecule has 0 bridgehead atoms. The lowest BCUT2D eigenvalue weighted by atomic mass is 10.0. The number of methoxy groups -OCH3 is 1. The number of nitrogens with one attached hydrogen (secondary N) is 1. The topological polar surface area (TPSA) is 110 Å². The molecule has 0 fully saturated rings. The molecule has 1 aromatic heterocycles. The minimum Gasteiger partial charge on any atom is -0.474 e. The Balaban J connectivity index is 1.87. The van der Waals surface area contributed by atoms with Crippen molar-refractivity contribution >= 4 is 17.7 Å². The predicted molar refractivity (Wildman–Crippen MR) is 114 cm³/mol. The number of fused-ring (bicyclic) bond motifs is 1. The van der Waals surface area contributed by atoms with Gasteiger partial charge in [-0.2, -0.15) is 0 Å². The molecule has 2 N–H and O–H groups in total. The first-order valence-electron chi connectivity index (χ1n) is 10.2. The number of halogens is 1. The molecule has 1 aromatic carbocycles. The summed E-state index contributed by atoms with van der Waals surface area (Å²) in [5.74, 6) is -0.734. The van der Waals surface area contributed by atoms with Crippen molar-refractivity contribution in [2.45, 2.75) is 19.4 Å². The monoisotopic (exact) mass is 447 g/mol. The summed E-state index contributed by atoms with van der Waals surface area (Å²) in [6.07, 6.45) is -0.878. The van der Waals surface area contributed by atoms with Crippen molar-refractivity contribution in [2.75, 3.05) is 45.0 Å². The summed E-state index contributed by atoms with van der Waals surface area (Å²) < 4.78 is 29.2. The third-order valence-corrected chi connectivity index (χ3v) is 4.90. The average Bonchev–Trinajstić information content (AvgIpc) is 2.76. The molecular weight excluding hydrogens is 421 g/mol. The molecule has 1 aliphatic rings. The molecule has 1 atom stereocenters. The Bertz CT molecular complexity index is 953. The van der Waals surface area contributed by atoms with Crippen LogP contribution >= 0.6 is 0 Å². The highest BCUT2D eigenvalue weighted by Gasteiger charge is 2.32. The molecular formula is C22H26FN3O6. The molecule has 3 rings (SSSR count). The van der Waals surface area contributed by atoms with E-state index in [0.29, 0.717) is 25.4 Å². The molecule has 172 valence electrons. The molecule has 0 aliphatic carbocycles. The molecule has 0 spiro atoms. The van der Waals surface area contributed by atoms with Gasteiger partial charge in [-0.1, -0.05) is 12.1 Å². The number of rotatable bonds is 9. The lowest BCUT2D eigenvalue weighted by Gasteiger charge is -2.32. The first-order chi connectivity index (χ1) is 15.4. The number of nitrogens with zero attached hydrogens (tertiary/aromatic N) is 2. The van der Waals surface area contributed by atoms with Crippen LogP contribution in [0.4, 0.5) is 14.9 Å². The largest absolute Gasteiger partial charge is 0.474 e. The minimum absolute atomic E-state index is 0.0786. The number of hydrogen-bond donors (Lipinski definition) is 2. The van der Waals surface area contributed by atoms with E-state index in [1.165, 1.54) is 17.0 Å². The number of benzene rings is 1. The molecule has 10 heteroatoms. The van der Waals surface area contributed by atoms with E-state index in [0.717, 1.165) is 5.56 Å². The lowest BCUT2D eigenvalue weighted by molar-refractivity contribution is 0.0691.